The molecule has 1 amide bonds. The predicted octanol–water partition coefficient (Wildman–Crippen LogP) is 1.35. The van der Waals surface area contributed by atoms with Gasteiger partial charge in [-0.15, -0.1) is 0 Å². The number of carbonyl (C=O) groups is 3. The highest BCUT2D eigenvalue weighted by molar-refractivity contribution is 6.11. The van der Waals surface area contributed by atoms with Gasteiger partial charge in [-0.1, -0.05) is 30.3 Å². The van der Waals surface area contributed by atoms with Gasteiger partial charge >= 0.3 is 11.7 Å². The van der Waals surface area contributed by atoms with Crippen LogP contribution in [0.25, 0.3) is 0 Å². The Morgan fingerprint density at radius 1 is 1.07 bits per heavy atom. The van der Waals surface area contributed by atoms with Gasteiger partial charge in [-0.3, -0.25) is 14.9 Å². The molecule has 1 atom stereocenters. The minimum Gasteiger partial charge on any atom is -0.476 e. The first-order chi connectivity index (χ1) is 13.3. The highest BCUT2D eigenvalue weighted by Crippen LogP contribution is 2.21. The molecule has 0 heterocycles. The predicted molar refractivity (Wildman–Crippen MR) is 99.2 cm³/mol. The van der Waals surface area contributed by atoms with E-state index >= 15 is 0 Å². The molecule has 0 aliphatic heterocycles. The van der Waals surface area contributed by atoms with Crippen molar-refractivity contribution >= 4 is 23.5 Å². The summed E-state index contributed by atoms with van der Waals surface area (Å²) in [7, 11) is 0. The average Bonchev–Trinajstić information content (AvgIpc) is 2.72. The van der Waals surface area contributed by atoms with Gasteiger partial charge < -0.3 is 20.8 Å². The Morgan fingerprint density at radius 3 is 2.18 bits per heavy atom. The van der Waals surface area contributed by atoms with Crippen molar-refractivity contribution in [3.8, 4) is 5.75 Å². The van der Waals surface area contributed by atoms with Gasteiger partial charge in [0.2, 0.25) is 5.78 Å². The quantitative estimate of drug-likeness (QED) is 0.134. The number of amidine groups is 1. The Morgan fingerprint density at radius 2 is 1.68 bits per heavy atom. The molecule has 2 aromatic rings. The number of aliphatic carboxylic acids is 1. The number of nitrogens with zero attached hydrogens (tertiary/aromatic N) is 1. The first-order valence-electron chi connectivity index (χ1n) is 8.25. The second kappa shape index (κ2) is 8.67. The fraction of sp³-hybridized carbons (Fsp3) is 0.158. The summed E-state index contributed by atoms with van der Waals surface area (Å²) < 4.78 is 5.45. The van der Waals surface area contributed by atoms with Crippen LogP contribution in [0, 0.1) is 0 Å². The van der Waals surface area contributed by atoms with Crippen molar-refractivity contribution in [1.29, 1.82) is 0 Å². The van der Waals surface area contributed by atoms with Crippen molar-refractivity contribution in [2.75, 3.05) is 0 Å². The summed E-state index contributed by atoms with van der Waals surface area (Å²) in [5.74, 6) is -3.45. The fourth-order valence-corrected chi connectivity index (χ4v) is 2.37. The van der Waals surface area contributed by atoms with Crippen molar-refractivity contribution in [2.24, 2.45) is 10.9 Å². The topological polar surface area (TPSA) is 151 Å². The molecule has 0 aliphatic rings. The molecule has 146 valence electrons. The first-order valence-corrected chi connectivity index (χ1v) is 8.25. The van der Waals surface area contributed by atoms with Crippen LogP contribution in [0.3, 0.4) is 0 Å². The number of rotatable bonds is 8. The molecule has 28 heavy (non-hydrogen) atoms. The molecular formula is C19H19N3O6. The molecule has 9 heteroatoms. The molecule has 0 saturated heterocycles. The highest BCUT2D eigenvalue weighted by atomic mass is 16.5. The maximum absolute atomic E-state index is 12.5. The average molecular weight is 385 g/mol. The Hall–Kier alpha value is -3.88. The van der Waals surface area contributed by atoms with Crippen molar-refractivity contribution in [3.05, 3.63) is 65.7 Å². The number of ketones is 1. The lowest BCUT2D eigenvalue weighted by Gasteiger charge is -2.29. The van der Waals surface area contributed by atoms with Crippen molar-refractivity contribution in [2.45, 2.75) is 19.1 Å². The van der Waals surface area contributed by atoms with Crippen LogP contribution in [0.1, 0.15) is 29.3 Å². The molecule has 5 N–H and O–H groups in total. The van der Waals surface area contributed by atoms with E-state index in [4.69, 9.17) is 15.7 Å². The molecule has 1 unspecified atom stereocenters. The van der Waals surface area contributed by atoms with E-state index in [9.17, 15) is 19.5 Å². The maximum atomic E-state index is 12.5. The van der Waals surface area contributed by atoms with Crippen LogP contribution in [0.2, 0.25) is 0 Å². The van der Waals surface area contributed by atoms with Gasteiger partial charge in [0.25, 0.3) is 5.91 Å². The number of hydrogen-bond acceptors (Lipinski definition) is 6. The molecule has 2 aromatic carbocycles. The molecule has 0 spiro atoms. The van der Waals surface area contributed by atoms with E-state index in [1.54, 1.807) is 18.2 Å². The second-order valence-corrected chi connectivity index (χ2v) is 5.69. The molecule has 0 aromatic heterocycles. The third-order valence-electron chi connectivity index (χ3n) is 3.87. The lowest BCUT2D eigenvalue weighted by Crippen LogP contribution is -2.64. The van der Waals surface area contributed by atoms with E-state index in [1.165, 1.54) is 43.3 Å². The van der Waals surface area contributed by atoms with E-state index in [2.05, 4.69) is 10.5 Å². The summed E-state index contributed by atoms with van der Waals surface area (Å²) in [4.78, 5) is 36.9. The van der Waals surface area contributed by atoms with Gasteiger partial charge in [0, 0.05) is 17.5 Å². The summed E-state index contributed by atoms with van der Waals surface area (Å²) in [5.41, 5.74) is 3.38. The Balaban J connectivity index is 2.39. The Bertz CT molecular complexity index is 896. The number of amides is 1. The zero-order valence-electron chi connectivity index (χ0n) is 15.0. The van der Waals surface area contributed by atoms with E-state index < -0.39 is 23.4 Å². The molecule has 0 saturated carbocycles. The number of hydrogen-bond donors (Lipinski definition) is 4. The van der Waals surface area contributed by atoms with Crippen LogP contribution in [-0.2, 0) is 9.59 Å². The van der Waals surface area contributed by atoms with Crippen LogP contribution in [0.4, 0.5) is 0 Å². The van der Waals surface area contributed by atoms with Crippen LogP contribution < -0.4 is 15.8 Å². The van der Waals surface area contributed by atoms with Gasteiger partial charge in [0.1, 0.15) is 5.75 Å². The van der Waals surface area contributed by atoms with E-state index in [0.29, 0.717) is 5.56 Å². The van der Waals surface area contributed by atoms with Crippen LogP contribution >= 0.6 is 0 Å². The number of ether oxygens (including phenoxy) is 1. The van der Waals surface area contributed by atoms with Crippen molar-refractivity contribution in [3.63, 3.8) is 0 Å². The molecule has 0 aliphatic carbocycles. The van der Waals surface area contributed by atoms with E-state index in [0.717, 1.165) is 0 Å². The van der Waals surface area contributed by atoms with Crippen LogP contribution in [0.15, 0.2) is 59.8 Å². The van der Waals surface area contributed by atoms with E-state index in [-0.39, 0.29) is 23.6 Å². The van der Waals surface area contributed by atoms with Gasteiger partial charge in [0.05, 0.1) is 0 Å². The Labute approximate surface area is 160 Å². The standard InChI is InChI=1S/C19H19N3O6/c1-2-15(23)19(18(25)26,21-17(24)13-6-4-3-5-7-13)28-14-10-8-12(9-11-14)16(20)22-27/h3-11,27H,2H2,1H3,(H2,20,22)(H,21,24)(H,25,26). The lowest BCUT2D eigenvalue weighted by molar-refractivity contribution is -0.164. The SMILES string of the molecule is CCC(=O)C(NC(=O)c1ccccc1)(Oc1ccc(C(N)=NO)cc1)C(=O)O. The number of nitrogens with two attached hydrogens (primary N) is 1. The summed E-state index contributed by atoms with van der Waals surface area (Å²) in [6.07, 6.45) is -0.191. The molecule has 2 rings (SSSR count). The minimum atomic E-state index is -2.61. The van der Waals surface area contributed by atoms with E-state index in [1.807, 2.05) is 0 Å². The summed E-state index contributed by atoms with van der Waals surface area (Å²) in [5, 5.41) is 23.5. The number of Topliss-reactive ketones (excluding diaryl/α,β-unsaturated/α-hetero) is 1. The maximum Gasteiger partial charge on any atom is 0.378 e. The highest BCUT2D eigenvalue weighted by Gasteiger charge is 2.49. The number of carboxylic acid groups (broad SMARTS) is 1. The first kappa shape index (κ1) is 20.4. The second-order valence-electron chi connectivity index (χ2n) is 5.69. The molecular weight excluding hydrogens is 366 g/mol. The van der Waals surface area contributed by atoms with Gasteiger partial charge in [-0.25, -0.2) is 4.79 Å². The smallest absolute Gasteiger partial charge is 0.378 e. The van der Waals surface area contributed by atoms with Crippen molar-refractivity contribution < 1.29 is 29.4 Å². The number of carboxylic acids is 1. The van der Waals surface area contributed by atoms with Crippen LogP contribution in [0.5, 0.6) is 5.75 Å². The van der Waals surface area contributed by atoms with Crippen LogP contribution in [-0.4, -0.2) is 39.5 Å². The molecule has 9 nitrogen and oxygen atoms in total. The number of oxime groups is 1. The molecule has 0 fully saturated rings. The normalized spacial score (nSPS) is 13.2. The van der Waals surface area contributed by atoms with Gasteiger partial charge in [0.15, 0.2) is 5.84 Å². The number of benzene rings is 2. The lowest BCUT2D eigenvalue weighted by atomic mass is 10.0. The van der Waals surface area contributed by atoms with Crippen molar-refractivity contribution in [1.82, 2.24) is 5.32 Å². The minimum absolute atomic E-state index is 0.00736. The summed E-state index contributed by atoms with van der Waals surface area (Å²) in [6.45, 7) is 1.46. The largest absolute Gasteiger partial charge is 0.476 e. The molecule has 0 radical (unpaired) electrons. The molecule has 0 bridgehead atoms. The third-order valence-corrected chi connectivity index (χ3v) is 3.87. The fourth-order valence-electron chi connectivity index (χ4n) is 2.37. The monoisotopic (exact) mass is 385 g/mol. The van der Waals surface area contributed by atoms with Gasteiger partial charge in [-0.05, 0) is 36.4 Å². The Kier molecular flexibility index (Phi) is 6.33. The summed E-state index contributed by atoms with van der Waals surface area (Å²) >= 11 is 0. The zero-order chi connectivity index (χ0) is 20.7. The summed E-state index contributed by atoms with van der Waals surface area (Å²) in [6, 6.07) is 13.3. The number of nitrogens with one attached hydrogen (secondary N) is 1. The van der Waals surface area contributed by atoms with Gasteiger partial charge in [-0.2, -0.15) is 0 Å². The zero-order valence-corrected chi connectivity index (χ0v) is 15.0. The third kappa shape index (κ3) is 4.26. The number of carbonyl (C=O) groups excluding carboxylic acids is 2.